The van der Waals surface area contributed by atoms with Crippen LogP contribution in [0, 0.1) is 5.92 Å². The lowest BCUT2D eigenvalue weighted by molar-refractivity contribution is 0.164. The Bertz CT molecular complexity index is 307. The highest BCUT2D eigenvalue weighted by Crippen LogP contribution is 2.35. The number of hydrogen-bond acceptors (Lipinski definition) is 3. The van der Waals surface area contributed by atoms with Crippen LogP contribution in [0.5, 0.6) is 0 Å². The number of rotatable bonds is 3. The van der Waals surface area contributed by atoms with Crippen LogP contribution in [0.3, 0.4) is 0 Å². The standard InChI is InChI=1S/C10H15ClN2S/c1-13(2)10(7-5-12-6-7)8-3-4-9(11)14-8/h3-4,7,10,12H,5-6H2,1-2H3. The summed E-state index contributed by atoms with van der Waals surface area (Å²) in [4.78, 5) is 3.67. The first-order valence-corrected chi connectivity index (χ1v) is 6.00. The normalized spacial score (nSPS) is 19.7. The van der Waals surface area contributed by atoms with Gasteiger partial charge >= 0.3 is 0 Å². The van der Waals surface area contributed by atoms with Crippen LogP contribution in [0.2, 0.25) is 4.34 Å². The quantitative estimate of drug-likeness (QED) is 0.857. The Morgan fingerprint density at radius 1 is 1.50 bits per heavy atom. The molecule has 1 aromatic heterocycles. The second-order valence-electron chi connectivity index (χ2n) is 3.97. The van der Waals surface area contributed by atoms with E-state index in [4.69, 9.17) is 11.6 Å². The first-order valence-electron chi connectivity index (χ1n) is 4.81. The van der Waals surface area contributed by atoms with Crippen LogP contribution < -0.4 is 5.32 Å². The van der Waals surface area contributed by atoms with E-state index in [9.17, 15) is 0 Å². The molecular formula is C10H15ClN2S. The second kappa shape index (κ2) is 4.19. The van der Waals surface area contributed by atoms with Crippen molar-refractivity contribution in [3.05, 3.63) is 21.3 Å². The Morgan fingerprint density at radius 2 is 2.21 bits per heavy atom. The summed E-state index contributed by atoms with van der Waals surface area (Å²) in [6.07, 6.45) is 0. The minimum atomic E-state index is 0.522. The molecule has 78 valence electrons. The van der Waals surface area contributed by atoms with Gasteiger partial charge in [0.05, 0.1) is 4.34 Å². The fourth-order valence-electron chi connectivity index (χ4n) is 1.93. The molecule has 0 amide bonds. The molecule has 1 atom stereocenters. The lowest BCUT2D eigenvalue weighted by atomic mass is 9.92. The molecule has 1 aliphatic rings. The number of hydrogen-bond donors (Lipinski definition) is 1. The molecule has 2 rings (SSSR count). The van der Waals surface area contributed by atoms with Gasteiger partial charge in [0, 0.05) is 29.9 Å². The molecule has 1 aliphatic heterocycles. The van der Waals surface area contributed by atoms with Crippen LogP contribution in [0.25, 0.3) is 0 Å². The van der Waals surface area contributed by atoms with E-state index >= 15 is 0 Å². The minimum Gasteiger partial charge on any atom is -0.316 e. The van der Waals surface area contributed by atoms with Crippen LogP contribution in [-0.2, 0) is 0 Å². The van der Waals surface area contributed by atoms with Crippen LogP contribution >= 0.6 is 22.9 Å². The van der Waals surface area contributed by atoms with Crippen LogP contribution in [0.4, 0.5) is 0 Å². The van der Waals surface area contributed by atoms with Gasteiger partial charge in [0.25, 0.3) is 0 Å². The summed E-state index contributed by atoms with van der Waals surface area (Å²) in [7, 11) is 4.27. The van der Waals surface area contributed by atoms with E-state index in [0.29, 0.717) is 6.04 Å². The highest BCUT2D eigenvalue weighted by Gasteiger charge is 2.30. The van der Waals surface area contributed by atoms with Crippen molar-refractivity contribution in [3.8, 4) is 0 Å². The summed E-state index contributed by atoms with van der Waals surface area (Å²) in [5.41, 5.74) is 0. The molecule has 0 aromatic carbocycles. The SMILES string of the molecule is CN(C)C(c1ccc(Cl)s1)C1CNC1. The van der Waals surface area contributed by atoms with Crippen molar-refractivity contribution in [3.63, 3.8) is 0 Å². The fraction of sp³-hybridized carbons (Fsp3) is 0.600. The van der Waals surface area contributed by atoms with Gasteiger partial charge in [0.15, 0.2) is 0 Å². The Balaban J connectivity index is 2.17. The molecule has 1 N–H and O–H groups in total. The molecule has 1 unspecified atom stereocenters. The molecule has 2 heterocycles. The van der Waals surface area contributed by atoms with Gasteiger partial charge in [-0.05, 0) is 26.2 Å². The fourth-order valence-corrected chi connectivity index (χ4v) is 3.28. The summed E-state index contributed by atoms with van der Waals surface area (Å²) in [6, 6.07) is 4.66. The second-order valence-corrected chi connectivity index (χ2v) is 5.72. The maximum Gasteiger partial charge on any atom is 0.0931 e. The zero-order valence-electron chi connectivity index (χ0n) is 8.46. The van der Waals surface area contributed by atoms with Crippen molar-refractivity contribution in [1.82, 2.24) is 10.2 Å². The van der Waals surface area contributed by atoms with E-state index in [0.717, 1.165) is 23.3 Å². The Kier molecular flexibility index (Phi) is 3.12. The summed E-state index contributed by atoms with van der Waals surface area (Å²) >= 11 is 7.66. The minimum absolute atomic E-state index is 0.522. The molecule has 0 bridgehead atoms. The predicted octanol–water partition coefficient (Wildman–Crippen LogP) is 2.22. The number of nitrogens with one attached hydrogen (secondary N) is 1. The third-order valence-corrected chi connectivity index (χ3v) is 4.00. The van der Waals surface area contributed by atoms with Gasteiger partial charge in [-0.25, -0.2) is 0 Å². The molecule has 0 spiro atoms. The highest BCUT2D eigenvalue weighted by molar-refractivity contribution is 7.16. The molecule has 2 nitrogen and oxygen atoms in total. The van der Waals surface area contributed by atoms with E-state index in [1.54, 1.807) is 11.3 Å². The Labute approximate surface area is 93.9 Å². The van der Waals surface area contributed by atoms with E-state index < -0.39 is 0 Å². The highest BCUT2D eigenvalue weighted by atomic mass is 35.5. The zero-order valence-corrected chi connectivity index (χ0v) is 10.0. The molecule has 1 saturated heterocycles. The smallest absolute Gasteiger partial charge is 0.0931 e. The maximum atomic E-state index is 5.96. The van der Waals surface area contributed by atoms with Gasteiger partial charge < -0.3 is 10.2 Å². The molecule has 0 saturated carbocycles. The molecule has 4 heteroatoms. The molecule has 1 aromatic rings. The number of halogens is 1. The van der Waals surface area contributed by atoms with Crippen molar-refractivity contribution < 1.29 is 0 Å². The molecule has 0 radical (unpaired) electrons. The Hall–Kier alpha value is -0.0900. The van der Waals surface area contributed by atoms with Crippen molar-refractivity contribution in [2.45, 2.75) is 6.04 Å². The van der Waals surface area contributed by atoms with Gasteiger partial charge in [-0.2, -0.15) is 0 Å². The number of nitrogens with zero attached hydrogens (tertiary/aromatic N) is 1. The van der Waals surface area contributed by atoms with Gasteiger partial charge in [0.1, 0.15) is 0 Å². The topological polar surface area (TPSA) is 15.3 Å². The first kappa shape index (κ1) is 10.4. The van der Waals surface area contributed by atoms with E-state index in [1.165, 1.54) is 4.88 Å². The summed E-state index contributed by atoms with van der Waals surface area (Å²) in [6.45, 7) is 2.25. The van der Waals surface area contributed by atoms with Crippen LogP contribution in [-0.4, -0.2) is 32.1 Å². The van der Waals surface area contributed by atoms with Crippen LogP contribution in [0.1, 0.15) is 10.9 Å². The largest absolute Gasteiger partial charge is 0.316 e. The summed E-state index contributed by atoms with van der Waals surface area (Å²) in [5.74, 6) is 0.736. The maximum absolute atomic E-state index is 5.96. The van der Waals surface area contributed by atoms with Crippen molar-refractivity contribution >= 4 is 22.9 Å². The van der Waals surface area contributed by atoms with Gasteiger partial charge in [-0.15, -0.1) is 11.3 Å². The van der Waals surface area contributed by atoms with E-state index in [1.807, 2.05) is 6.07 Å². The lowest BCUT2D eigenvalue weighted by Crippen LogP contribution is -2.48. The van der Waals surface area contributed by atoms with Crippen molar-refractivity contribution in [2.75, 3.05) is 27.2 Å². The third kappa shape index (κ3) is 1.96. The monoisotopic (exact) mass is 230 g/mol. The number of thiophene rings is 1. The van der Waals surface area contributed by atoms with E-state index in [-0.39, 0.29) is 0 Å². The molecule has 14 heavy (non-hydrogen) atoms. The summed E-state index contributed by atoms with van der Waals surface area (Å²) < 4.78 is 0.888. The van der Waals surface area contributed by atoms with Gasteiger partial charge in [-0.1, -0.05) is 11.6 Å². The third-order valence-electron chi connectivity index (χ3n) is 2.70. The molecule has 1 fully saturated rings. The lowest BCUT2D eigenvalue weighted by Gasteiger charge is -2.38. The average Bonchev–Trinajstić information content (AvgIpc) is 2.42. The van der Waals surface area contributed by atoms with E-state index in [2.05, 4.69) is 30.4 Å². The van der Waals surface area contributed by atoms with Crippen molar-refractivity contribution in [1.29, 1.82) is 0 Å². The van der Waals surface area contributed by atoms with Crippen molar-refractivity contribution in [2.24, 2.45) is 5.92 Å². The predicted molar refractivity (Wildman–Crippen MR) is 62.1 cm³/mol. The molecule has 0 aliphatic carbocycles. The van der Waals surface area contributed by atoms with Gasteiger partial charge in [0.2, 0.25) is 0 Å². The zero-order chi connectivity index (χ0) is 10.1. The van der Waals surface area contributed by atoms with Crippen LogP contribution in [0.15, 0.2) is 12.1 Å². The molecular weight excluding hydrogens is 216 g/mol. The summed E-state index contributed by atoms with van der Waals surface area (Å²) in [5, 5.41) is 3.32. The Morgan fingerprint density at radius 3 is 2.57 bits per heavy atom. The average molecular weight is 231 g/mol. The van der Waals surface area contributed by atoms with Gasteiger partial charge in [-0.3, -0.25) is 0 Å². The first-order chi connectivity index (χ1) is 6.68.